The minimum absolute atomic E-state index is 0.0174. The molecule has 0 bridgehead atoms. The molecule has 5 rings (SSSR count). The van der Waals surface area contributed by atoms with E-state index in [2.05, 4.69) is 19.9 Å². The Labute approximate surface area is 158 Å². The quantitative estimate of drug-likeness (QED) is 0.551. The lowest BCUT2D eigenvalue weighted by Crippen LogP contribution is -2.52. The predicted octanol–water partition coefficient (Wildman–Crippen LogP) is 5.29. The van der Waals surface area contributed by atoms with E-state index in [1.807, 2.05) is 13.8 Å². The summed E-state index contributed by atoms with van der Waals surface area (Å²) < 4.78 is 12.0. The van der Waals surface area contributed by atoms with E-state index in [1.165, 1.54) is 19.3 Å². The highest BCUT2D eigenvalue weighted by molar-refractivity contribution is 5.87. The largest absolute Gasteiger partial charge is 0.347 e. The van der Waals surface area contributed by atoms with Gasteiger partial charge in [0, 0.05) is 24.7 Å². The van der Waals surface area contributed by atoms with Crippen molar-refractivity contribution in [3.05, 3.63) is 11.6 Å². The first kappa shape index (κ1) is 18.7. The highest BCUT2D eigenvalue weighted by Gasteiger charge is 2.60. The van der Waals surface area contributed by atoms with Gasteiger partial charge in [-0.15, -0.1) is 0 Å². The second-order valence-corrected chi connectivity index (χ2v) is 9.46. The summed E-state index contributed by atoms with van der Waals surface area (Å²) in [6.45, 7) is 10.3. The number of carbonyl (C=O) groups excluding carboxylic acids is 1. The number of ether oxygens (including phenoxy) is 2. The van der Waals surface area contributed by atoms with Gasteiger partial charge in [0.05, 0.1) is 13.2 Å². The lowest BCUT2D eigenvalue weighted by molar-refractivity contribution is -0.185. The molecule has 4 fully saturated rings. The van der Waals surface area contributed by atoms with Crippen LogP contribution in [0.2, 0.25) is 0 Å². The van der Waals surface area contributed by atoms with Crippen molar-refractivity contribution in [2.45, 2.75) is 84.8 Å². The standard InChI is InChI=1S/C21H30O3.C2H6/c1-19-9-10-21(23-11-12-24-21)13-14(19)3-4-15-16-5-6-18(22)20(16,2)8-7-17(15)19;1-2/h3,15-17H,4-13H2,1-2H3;1-2H3. The van der Waals surface area contributed by atoms with Crippen LogP contribution in [-0.4, -0.2) is 24.8 Å². The zero-order chi connectivity index (χ0) is 18.6. The van der Waals surface area contributed by atoms with Gasteiger partial charge in [-0.1, -0.05) is 39.3 Å². The molecule has 0 radical (unpaired) electrons. The average molecular weight is 361 g/mol. The van der Waals surface area contributed by atoms with Crippen LogP contribution in [0.15, 0.2) is 11.6 Å². The maximum absolute atomic E-state index is 12.5. The van der Waals surface area contributed by atoms with E-state index in [1.54, 1.807) is 5.57 Å². The number of Topliss-reactive ketones (excluding diaryl/α,β-unsaturated/α-hetero) is 1. The third-order valence-corrected chi connectivity index (χ3v) is 8.63. The van der Waals surface area contributed by atoms with Crippen molar-refractivity contribution in [2.75, 3.05) is 13.2 Å². The van der Waals surface area contributed by atoms with Crippen molar-refractivity contribution in [3.8, 4) is 0 Å². The maximum atomic E-state index is 12.5. The van der Waals surface area contributed by atoms with Crippen molar-refractivity contribution in [1.82, 2.24) is 0 Å². The van der Waals surface area contributed by atoms with Crippen LogP contribution in [0, 0.1) is 28.6 Å². The molecule has 1 spiro atoms. The molecular weight excluding hydrogens is 324 g/mol. The molecule has 1 saturated heterocycles. The summed E-state index contributed by atoms with van der Waals surface area (Å²) >= 11 is 0. The highest BCUT2D eigenvalue weighted by atomic mass is 16.7. The number of ketones is 1. The Morgan fingerprint density at radius 1 is 0.962 bits per heavy atom. The summed E-state index contributed by atoms with van der Waals surface area (Å²) in [6, 6.07) is 0. The van der Waals surface area contributed by atoms with Crippen LogP contribution in [0.25, 0.3) is 0 Å². The molecule has 3 saturated carbocycles. The molecule has 146 valence electrons. The minimum Gasteiger partial charge on any atom is -0.347 e. The average Bonchev–Trinajstić information content (AvgIpc) is 3.23. The minimum atomic E-state index is -0.315. The van der Waals surface area contributed by atoms with Crippen LogP contribution in [-0.2, 0) is 14.3 Å². The van der Waals surface area contributed by atoms with Gasteiger partial charge in [0.1, 0.15) is 5.78 Å². The molecule has 1 heterocycles. The van der Waals surface area contributed by atoms with Crippen molar-refractivity contribution < 1.29 is 14.3 Å². The Morgan fingerprint density at radius 3 is 2.38 bits per heavy atom. The molecule has 3 heteroatoms. The summed E-state index contributed by atoms with van der Waals surface area (Å²) in [5.74, 6) is 2.31. The van der Waals surface area contributed by atoms with Crippen LogP contribution in [0.4, 0.5) is 0 Å². The monoisotopic (exact) mass is 360 g/mol. The zero-order valence-electron chi connectivity index (χ0n) is 17.1. The van der Waals surface area contributed by atoms with E-state index in [9.17, 15) is 4.79 Å². The van der Waals surface area contributed by atoms with E-state index < -0.39 is 0 Å². The molecule has 3 nitrogen and oxygen atoms in total. The van der Waals surface area contributed by atoms with Gasteiger partial charge in [-0.3, -0.25) is 4.79 Å². The van der Waals surface area contributed by atoms with E-state index in [0.29, 0.717) is 23.0 Å². The van der Waals surface area contributed by atoms with Crippen molar-refractivity contribution >= 4 is 5.78 Å². The Balaban J connectivity index is 0.000000814. The summed E-state index contributed by atoms with van der Waals surface area (Å²) in [4.78, 5) is 12.5. The molecule has 26 heavy (non-hydrogen) atoms. The summed E-state index contributed by atoms with van der Waals surface area (Å²) in [6.07, 6.45) is 11.1. The number of allylic oxidation sites excluding steroid dienone is 1. The van der Waals surface area contributed by atoms with Gasteiger partial charge < -0.3 is 9.47 Å². The van der Waals surface area contributed by atoms with Crippen LogP contribution in [0.1, 0.15) is 79.1 Å². The topological polar surface area (TPSA) is 35.5 Å². The predicted molar refractivity (Wildman–Crippen MR) is 103 cm³/mol. The van der Waals surface area contributed by atoms with Gasteiger partial charge in [0.25, 0.3) is 0 Å². The normalized spacial score (nSPS) is 45.9. The summed E-state index contributed by atoms with van der Waals surface area (Å²) in [5, 5.41) is 0. The van der Waals surface area contributed by atoms with Crippen molar-refractivity contribution in [1.29, 1.82) is 0 Å². The Kier molecular flexibility index (Phi) is 4.63. The first-order chi connectivity index (χ1) is 12.5. The Morgan fingerprint density at radius 2 is 1.65 bits per heavy atom. The molecule has 0 N–H and O–H groups in total. The van der Waals surface area contributed by atoms with E-state index in [-0.39, 0.29) is 11.2 Å². The fraction of sp³-hybridized carbons (Fsp3) is 0.870. The SMILES string of the molecule is CC.CC12CCC3C(CC=C4CC5(CCC43C)OCCO5)C1CCC2=O. The number of carbonyl (C=O) groups is 1. The van der Waals surface area contributed by atoms with Gasteiger partial charge in [-0.25, -0.2) is 0 Å². The van der Waals surface area contributed by atoms with Gasteiger partial charge in [0.15, 0.2) is 5.79 Å². The number of rotatable bonds is 0. The molecule has 0 aromatic carbocycles. The van der Waals surface area contributed by atoms with Crippen LogP contribution < -0.4 is 0 Å². The molecule has 0 aromatic rings. The molecular formula is C23H36O3. The van der Waals surface area contributed by atoms with Crippen LogP contribution in [0.3, 0.4) is 0 Å². The second-order valence-electron chi connectivity index (χ2n) is 9.46. The van der Waals surface area contributed by atoms with E-state index in [0.717, 1.165) is 51.2 Å². The Hall–Kier alpha value is -0.670. The third kappa shape index (κ3) is 2.49. The number of fused-ring (bicyclic) bond motifs is 5. The lowest BCUT2D eigenvalue weighted by atomic mass is 9.48. The summed E-state index contributed by atoms with van der Waals surface area (Å²) in [5.41, 5.74) is 1.87. The highest BCUT2D eigenvalue weighted by Crippen LogP contribution is 2.65. The Bertz CT molecular complexity index is 603. The van der Waals surface area contributed by atoms with Crippen molar-refractivity contribution in [3.63, 3.8) is 0 Å². The molecule has 5 atom stereocenters. The number of hydrogen-bond donors (Lipinski definition) is 0. The molecule has 0 aromatic heterocycles. The lowest BCUT2D eigenvalue weighted by Gasteiger charge is -2.57. The van der Waals surface area contributed by atoms with Crippen molar-refractivity contribution in [2.24, 2.45) is 28.6 Å². The fourth-order valence-electron chi connectivity index (χ4n) is 7.12. The van der Waals surface area contributed by atoms with E-state index in [4.69, 9.17) is 9.47 Å². The maximum Gasteiger partial charge on any atom is 0.172 e. The van der Waals surface area contributed by atoms with Gasteiger partial charge in [-0.2, -0.15) is 0 Å². The molecule has 0 amide bonds. The number of hydrogen-bond acceptors (Lipinski definition) is 3. The van der Waals surface area contributed by atoms with E-state index >= 15 is 0 Å². The molecule has 5 aliphatic rings. The molecule has 1 aliphatic heterocycles. The first-order valence-electron chi connectivity index (χ1n) is 11.0. The van der Waals surface area contributed by atoms with Crippen LogP contribution >= 0.6 is 0 Å². The first-order valence-corrected chi connectivity index (χ1v) is 11.0. The van der Waals surface area contributed by atoms with Gasteiger partial charge >= 0.3 is 0 Å². The fourth-order valence-corrected chi connectivity index (χ4v) is 7.12. The third-order valence-electron chi connectivity index (χ3n) is 8.63. The van der Waals surface area contributed by atoms with Gasteiger partial charge in [0.2, 0.25) is 0 Å². The van der Waals surface area contributed by atoms with Gasteiger partial charge in [-0.05, 0) is 55.3 Å². The zero-order valence-corrected chi connectivity index (χ0v) is 17.1. The molecule has 5 unspecified atom stereocenters. The summed E-state index contributed by atoms with van der Waals surface area (Å²) in [7, 11) is 0. The van der Waals surface area contributed by atoms with Crippen LogP contribution in [0.5, 0.6) is 0 Å². The smallest absolute Gasteiger partial charge is 0.172 e. The molecule has 4 aliphatic carbocycles. The second kappa shape index (κ2) is 6.44.